The molecule has 1 aliphatic heterocycles. The largest absolute Gasteiger partial charge is 0.489 e. The molecule has 174 valence electrons. The molecule has 4 nitrogen and oxygen atoms in total. The number of aliphatic imine (C=N–C) groups is 1. The van der Waals surface area contributed by atoms with E-state index in [1.165, 1.54) is 16.0 Å². The van der Waals surface area contributed by atoms with E-state index in [-0.39, 0.29) is 0 Å². The Kier molecular flexibility index (Phi) is 7.39. The zero-order chi connectivity index (χ0) is 24.0. The van der Waals surface area contributed by atoms with E-state index in [1.807, 2.05) is 60.8 Å². The van der Waals surface area contributed by atoms with E-state index in [2.05, 4.69) is 51.2 Å². The SMILES string of the molecule is N#Cc1c(N=Cc2cccc(OCc3ccc(Br)cc3)c2)sc2c1CCN(Cc1ccccc1)C2. The molecule has 6 heteroatoms. The van der Waals surface area contributed by atoms with Gasteiger partial charge < -0.3 is 4.74 Å². The molecule has 1 aliphatic rings. The fraction of sp³-hybridized carbons (Fsp3) is 0.172. The smallest absolute Gasteiger partial charge is 0.134 e. The summed E-state index contributed by atoms with van der Waals surface area (Å²) in [6, 6.07) is 28.9. The zero-order valence-corrected chi connectivity index (χ0v) is 21.6. The Morgan fingerprint density at radius 1 is 1.03 bits per heavy atom. The van der Waals surface area contributed by atoms with Crippen LogP contribution in [0.4, 0.5) is 5.00 Å². The highest BCUT2D eigenvalue weighted by Gasteiger charge is 2.24. The molecule has 35 heavy (non-hydrogen) atoms. The van der Waals surface area contributed by atoms with Gasteiger partial charge in [-0.1, -0.05) is 70.5 Å². The maximum atomic E-state index is 9.85. The van der Waals surface area contributed by atoms with Crippen molar-refractivity contribution >= 4 is 38.5 Å². The first-order valence-corrected chi connectivity index (χ1v) is 13.1. The number of rotatable bonds is 7. The van der Waals surface area contributed by atoms with E-state index >= 15 is 0 Å². The van der Waals surface area contributed by atoms with Crippen molar-refractivity contribution in [2.75, 3.05) is 6.54 Å². The number of thiophene rings is 1. The summed E-state index contributed by atoms with van der Waals surface area (Å²) < 4.78 is 7.02. The maximum absolute atomic E-state index is 9.85. The summed E-state index contributed by atoms with van der Waals surface area (Å²) in [5.74, 6) is 0.791. The lowest BCUT2D eigenvalue weighted by atomic mass is 10.0. The van der Waals surface area contributed by atoms with E-state index in [0.717, 1.165) is 58.0 Å². The van der Waals surface area contributed by atoms with Gasteiger partial charge in [0, 0.05) is 35.2 Å². The van der Waals surface area contributed by atoms with Crippen LogP contribution in [0.3, 0.4) is 0 Å². The highest BCUT2D eigenvalue weighted by Crippen LogP contribution is 2.38. The third-order valence-corrected chi connectivity index (χ3v) is 7.64. The Hall–Kier alpha value is -3.24. The van der Waals surface area contributed by atoms with E-state index < -0.39 is 0 Å². The molecule has 2 heterocycles. The summed E-state index contributed by atoms with van der Waals surface area (Å²) >= 11 is 5.09. The summed E-state index contributed by atoms with van der Waals surface area (Å²) in [6.07, 6.45) is 2.71. The molecule has 0 saturated heterocycles. The van der Waals surface area contributed by atoms with Crippen LogP contribution in [0.2, 0.25) is 0 Å². The van der Waals surface area contributed by atoms with Gasteiger partial charge in [-0.05, 0) is 52.9 Å². The molecule has 0 radical (unpaired) electrons. The Morgan fingerprint density at radius 2 is 1.86 bits per heavy atom. The van der Waals surface area contributed by atoms with Crippen LogP contribution in [0.5, 0.6) is 5.75 Å². The van der Waals surface area contributed by atoms with Crippen LogP contribution in [0.25, 0.3) is 0 Å². The number of hydrogen-bond donors (Lipinski definition) is 0. The molecule has 0 bridgehead atoms. The first-order valence-electron chi connectivity index (χ1n) is 11.5. The number of fused-ring (bicyclic) bond motifs is 1. The number of hydrogen-bond acceptors (Lipinski definition) is 5. The van der Waals surface area contributed by atoms with Gasteiger partial charge in [-0.25, -0.2) is 4.99 Å². The molecule has 0 amide bonds. The Morgan fingerprint density at radius 3 is 2.66 bits per heavy atom. The van der Waals surface area contributed by atoms with Gasteiger partial charge in [0.1, 0.15) is 23.4 Å². The quantitative estimate of drug-likeness (QED) is 0.231. The third kappa shape index (κ3) is 5.88. The van der Waals surface area contributed by atoms with Gasteiger partial charge >= 0.3 is 0 Å². The van der Waals surface area contributed by atoms with E-state index in [0.29, 0.717) is 6.61 Å². The lowest BCUT2D eigenvalue weighted by Gasteiger charge is -2.26. The van der Waals surface area contributed by atoms with Gasteiger partial charge in [-0.3, -0.25) is 4.90 Å². The summed E-state index contributed by atoms with van der Waals surface area (Å²) in [6.45, 7) is 3.24. The number of benzene rings is 3. The molecule has 0 fully saturated rings. The van der Waals surface area contributed by atoms with Crippen molar-refractivity contribution in [2.24, 2.45) is 4.99 Å². The monoisotopic (exact) mass is 541 g/mol. The van der Waals surface area contributed by atoms with E-state index in [9.17, 15) is 5.26 Å². The zero-order valence-electron chi connectivity index (χ0n) is 19.2. The van der Waals surface area contributed by atoms with Crippen LogP contribution in [-0.4, -0.2) is 17.7 Å². The van der Waals surface area contributed by atoms with Crippen molar-refractivity contribution in [3.8, 4) is 11.8 Å². The van der Waals surface area contributed by atoms with Crippen molar-refractivity contribution in [1.82, 2.24) is 4.90 Å². The van der Waals surface area contributed by atoms with Gasteiger partial charge in [0.2, 0.25) is 0 Å². The lowest BCUT2D eigenvalue weighted by molar-refractivity contribution is 0.249. The molecule has 0 atom stereocenters. The second-order valence-electron chi connectivity index (χ2n) is 8.49. The van der Waals surface area contributed by atoms with Gasteiger partial charge in [0.25, 0.3) is 0 Å². The molecule has 0 spiro atoms. The minimum absolute atomic E-state index is 0.504. The van der Waals surface area contributed by atoms with Gasteiger partial charge in [-0.15, -0.1) is 11.3 Å². The molecular weight excluding hydrogens is 518 g/mol. The highest BCUT2D eigenvalue weighted by atomic mass is 79.9. The van der Waals surface area contributed by atoms with Crippen molar-refractivity contribution in [3.05, 3.63) is 116 Å². The van der Waals surface area contributed by atoms with Crippen molar-refractivity contribution < 1.29 is 4.74 Å². The molecule has 0 aliphatic carbocycles. The number of nitriles is 1. The standard InChI is InChI=1S/C29H24BrN3OS/c30-24-11-9-22(10-12-24)20-34-25-8-4-7-23(15-25)17-32-29-27(16-31)26-13-14-33(19-28(26)35-29)18-21-5-2-1-3-6-21/h1-12,15,17H,13-14,18-20H2. The minimum atomic E-state index is 0.504. The fourth-order valence-electron chi connectivity index (χ4n) is 4.19. The third-order valence-electron chi connectivity index (χ3n) is 5.99. The summed E-state index contributed by atoms with van der Waals surface area (Å²) in [4.78, 5) is 8.41. The summed E-state index contributed by atoms with van der Waals surface area (Å²) in [5.41, 5.74) is 5.26. The predicted octanol–water partition coefficient (Wildman–Crippen LogP) is 7.27. The van der Waals surface area contributed by atoms with Crippen molar-refractivity contribution in [3.63, 3.8) is 0 Å². The molecular formula is C29H24BrN3OS. The minimum Gasteiger partial charge on any atom is -0.489 e. The number of nitrogens with zero attached hydrogens (tertiary/aromatic N) is 3. The van der Waals surface area contributed by atoms with Crippen molar-refractivity contribution in [1.29, 1.82) is 5.26 Å². The fourth-order valence-corrected chi connectivity index (χ4v) is 5.64. The second kappa shape index (κ2) is 11.0. The normalized spacial score (nSPS) is 13.5. The average molecular weight is 543 g/mol. The Bertz CT molecular complexity index is 1370. The summed E-state index contributed by atoms with van der Waals surface area (Å²) in [7, 11) is 0. The molecule has 0 N–H and O–H groups in total. The Balaban J connectivity index is 1.28. The van der Waals surface area contributed by atoms with E-state index in [4.69, 9.17) is 9.73 Å². The van der Waals surface area contributed by atoms with Crippen LogP contribution in [-0.2, 0) is 26.1 Å². The van der Waals surface area contributed by atoms with Crippen LogP contribution < -0.4 is 4.74 Å². The average Bonchev–Trinajstić information content (AvgIpc) is 3.24. The molecule has 5 rings (SSSR count). The summed E-state index contributed by atoms with van der Waals surface area (Å²) in [5, 5.41) is 10.6. The van der Waals surface area contributed by atoms with Crippen molar-refractivity contribution in [2.45, 2.75) is 26.1 Å². The first-order chi connectivity index (χ1) is 17.2. The molecule has 4 aromatic rings. The maximum Gasteiger partial charge on any atom is 0.134 e. The van der Waals surface area contributed by atoms with Crippen LogP contribution >= 0.6 is 27.3 Å². The number of halogens is 1. The highest BCUT2D eigenvalue weighted by molar-refractivity contribution is 9.10. The molecule has 1 aromatic heterocycles. The molecule has 3 aromatic carbocycles. The van der Waals surface area contributed by atoms with Crippen LogP contribution in [0.1, 0.15) is 32.7 Å². The Labute approximate surface area is 218 Å². The molecule has 0 saturated carbocycles. The van der Waals surface area contributed by atoms with Crippen LogP contribution in [0, 0.1) is 11.3 Å². The van der Waals surface area contributed by atoms with Crippen LogP contribution in [0.15, 0.2) is 88.3 Å². The lowest BCUT2D eigenvalue weighted by Crippen LogP contribution is -2.29. The number of ether oxygens (including phenoxy) is 1. The topological polar surface area (TPSA) is 48.6 Å². The molecule has 0 unspecified atom stereocenters. The van der Waals surface area contributed by atoms with Gasteiger partial charge in [0.15, 0.2) is 0 Å². The second-order valence-corrected chi connectivity index (χ2v) is 10.5. The van der Waals surface area contributed by atoms with E-state index in [1.54, 1.807) is 11.3 Å². The first kappa shape index (κ1) is 23.5. The van der Waals surface area contributed by atoms with Gasteiger partial charge in [-0.2, -0.15) is 5.26 Å². The van der Waals surface area contributed by atoms with Gasteiger partial charge in [0.05, 0.1) is 5.56 Å². The predicted molar refractivity (Wildman–Crippen MR) is 145 cm³/mol.